The molecule has 2 N–H and O–H groups in total. The standard InChI is InChI=1S/C23H21FN2O5/c1-15-9-10-17(13-18(15)24)25-21(27)14-31-23(29)19(12-16-6-3-2-4-7-16)26-22(28)20-8-5-11-30-20/h2-11,13,19H,12,14H2,1H3,(H,25,27)(H,26,28)/t19-/m0/s1. The van der Waals surface area contributed by atoms with E-state index < -0.39 is 36.2 Å². The molecule has 0 saturated heterocycles. The molecule has 1 heterocycles. The minimum absolute atomic E-state index is 0.0463. The average Bonchev–Trinajstić information content (AvgIpc) is 3.30. The lowest BCUT2D eigenvalue weighted by atomic mass is 10.1. The molecule has 0 bridgehead atoms. The van der Waals surface area contributed by atoms with Crippen molar-refractivity contribution < 1.29 is 27.9 Å². The van der Waals surface area contributed by atoms with Gasteiger partial charge in [-0.15, -0.1) is 0 Å². The van der Waals surface area contributed by atoms with Crippen LogP contribution in [0.3, 0.4) is 0 Å². The Kier molecular flexibility index (Phi) is 7.16. The number of hydrogen-bond acceptors (Lipinski definition) is 5. The van der Waals surface area contributed by atoms with Crippen molar-refractivity contribution >= 4 is 23.5 Å². The molecular weight excluding hydrogens is 403 g/mol. The van der Waals surface area contributed by atoms with Crippen LogP contribution in [0.15, 0.2) is 71.3 Å². The molecule has 2 amide bonds. The number of nitrogens with one attached hydrogen (secondary N) is 2. The lowest BCUT2D eigenvalue weighted by Gasteiger charge is -2.17. The van der Waals surface area contributed by atoms with Gasteiger partial charge in [-0.2, -0.15) is 0 Å². The summed E-state index contributed by atoms with van der Waals surface area (Å²) in [6.07, 6.45) is 1.51. The SMILES string of the molecule is Cc1ccc(NC(=O)COC(=O)[C@H](Cc2ccccc2)NC(=O)c2ccco2)cc1F. The normalized spacial score (nSPS) is 11.4. The van der Waals surface area contributed by atoms with Crippen LogP contribution in [0.25, 0.3) is 0 Å². The minimum atomic E-state index is -1.04. The third kappa shape index (κ3) is 6.27. The third-order valence-electron chi connectivity index (χ3n) is 4.42. The van der Waals surface area contributed by atoms with Gasteiger partial charge in [0, 0.05) is 12.1 Å². The predicted octanol–water partition coefficient (Wildman–Crippen LogP) is 3.25. The van der Waals surface area contributed by atoms with E-state index in [2.05, 4.69) is 10.6 Å². The Labute approximate surface area is 178 Å². The predicted molar refractivity (Wildman–Crippen MR) is 111 cm³/mol. The number of benzene rings is 2. The van der Waals surface area contributed by atoms with Gasteiger partial charge in [0.05, 0.1) is 6.26 Å². The lowest BCUT2D eigenvalue weighted by Crippen LogP contribution is -2.44. The molecule has 160 valence electrons. The van der Waals surface area contributed by atoms with Crippen molar-refractivity contribution in [3.8, 4) is 0 Å². The van der Waals surface area contributed by atoms with Crippen molar-refractivity contribution in [2.45, 2.75) is 19.4 Å². The summed E-state index contributed by atoms with van der Waals surface area (Å²) in [7, 11) is 0. The number of anilines is 1. The molecule has 0 aliphatic heterocycles. The summed E-state index contributed by atoms with van der Waals surface area (Å²) in [5.74, 6) is -2.41. The van der Waals surface area contributed by atoms with Crippen molar-refractivity contribution in [3.05, 3.63) is 89.6 Å². The first-order chi connectivity index (χ1) is 14.9. The van der Waals surface area contributed by atoms with Gasteiger partial charge in [-0.3, -0.25) is 9.59 Å². The molecule has 8 heteroatoms. The average molecular weight is 424 g/mol. The van der Waals surface area contributed by atoms with Crippen LogP contribution in [0.5, 0.6) is 0 Å². The summed E-state index contributed by atoms with van der Waals surface area (Å²) >= 11 is 0. The summed E-state index contributed by atoms with van der Waals surface area (Å²) in [5, 5.41) is 5.02. The van der Waals surface area contributed by atoms with E-state index in [9.17, 15) is 18.8 Å². The summed E-state index contributed by atoms with van der Waals surface area (Å²) in [4.78, 5) is 37.0. The number of rotatable bonds is 8. The number of carbonyl (C=O) groups excluding carboxylic acids is 3. The second-order valence-corrected chi connectivity index (χ2v) is 6.81. The van der Waals surface area contributed by atoms with E-state index in [0.29, 0.717) is 5.56 Å². The highest BCUT2D eigenvalue weighted by Crippen LogP contribution is 2.13. The fourth-order valence-electron chi connectivity index (χ4n) is 2.79. The monoisotopic (exact) mass is 424 g/mol. The highest BCUT2D eigenvalue weighted by atomic mass is 19.1. The number of ether oxygens (including phenoxy) is 1. The Morgan fingerprint density at radius 2 is 1.84 bits per heavy atom. The van der Waals surface area contributed by atoms with E-state index in [1.807, 2.05) is 6.07 Å². The topological polar surface area (TPSA) is 97.6 Å². The minimum Gasteiger partial charge on any atom is -0.459 e. The number of hydrogen-bond donors (Lipinski definition) is 2. The highest BCUT2D eigenvalue weighted by molar-refractivity contribution is 5.96. The second-order valence-electron chi connectivity index (χ2n) is 6.81. The molecule has 0 fully saturated rings. The van der Waals surface area contributed by atoms with Crippen molar-refractivity contribution in [2.24, 2.45) is 0 Å². The molecule has 0 aliphatic rings. The molecule has 0 radical (unpaired) electrons. The fraction of sp³-hybridized carbons (Fsp3) is 0.174. The van der Waals surface area contributed by atoms with Gasteiger partial charge in [0.25, 0.3) is 11.8 Å². The van der Waals surface area contributed by atoms with Gasteiger partial charge in [0.2, 0.25) is 0 Å². The number of furan rings is 1. The Morgan fingerprint density at radius 1 is 1.06 bits per heavy atom. The first-order valence-corrected chi connectivity index (χ1v) is 9.53. The Hall–Kier alpha value is -3.94. The molecule has 0 saturated carbocycles. The first kappa shape index (κ1) is 21.8. The van der Waals surface area contributed by atoms with Gasteiger partial charge >= 0.3 is 5.97 Å². The maximum absolute atomic E-state index is 13.6. The van der Waals surface area contributed by atoms with E-state index in [1.54, 1.807) is 43.3 Å². The van der Waals surface area contributed by atoms with Crippen molar-refractivity contribution in [3.63, 3.8) is 0 Å². The zero-order chi connectivity index (χ0) is 22.2. The number of amides is 2. The molecule has 0 spiro atoms. The first-order valence-electron chi connectivity index (χ1n) is 9.53. The van der Waals surface area contributed by atoms with Crippen molar-refractivity contribution in [2.75, 3.05) is 11.9 Å². The fourth-order valence-corrected chi connectivity index (χ4v) is 2.79. The van der Waals surface area contributed by atoms with Crippen LogP contribution in [0.2, 0.25) is 0 Å². The maximum atomic E-state index is 13.6. The van der Waals surface area contributed by atoms with Crippen LogP contribution in [0.1, 0.15) is 21.7 Å². The summed E-state index contributed by atoms with van der Waals surface area (Å²) in [6, 6.07) is 15.3. The molecule has 2 aromatic carbocycles. The van der Waals surface area contributed by atoms with E-state index in [-0.39, 0.29) is 17.9 Å². The van der Waals surface area contributed by atoms with Gasteiger partial charge in [-0.05, 0) is 42.3 Å². The molecule has 0 aliphatic carbocycles. The van der Waals surface area contributed by atoms with Crippen LogP contribution in [0.4, 0.5) is 10.1 Å². The lowest BCUT2D eigenvalue weighted by molar-refractivity contribution is -0.149. The van der Waals surface area contributed by atoms with Gasteiger partial charge in [-0.25, -0.2) is 9.18 Å². The number of carbonyl (C=O) groups is 3. The van der Waals surface area contributed by atoms with Crippen molar-refractivity contribution in [1.29, 1.82) is 0 Å². The molecule has 1 aromatic heterocycles. The van der Waals surface area contributed by atoms with E-state index >= 15 is 0 Å². The third-order valence-corrected chi connectivity index (χ3v) is 4.42. The van der Waals surface area contributed by atoms with Gasteiger partial charge in [0.1, 0.15) is 11.9 Å². The van der Waals surface area contributed by atoms with Crippen LogP contribution < -0.4 is 10.6 Å². The van der Waals surface area contributed by atoms with Gasteiger partial charge in [-0.1, -0.05) is 36.4 Å². The van der Waals surface area contributed by atoms with Crippen LogP contribution >= 0.6 is 0 Å². The van der Waals surface area contributed by atoms with Crippen LogP contribution in [-0.2, 0) is 20.7 Å². The summed E-state index contributed by atoms with van der Waals surface area (Å²) in [5.41, 5.74) is 1.49. The van der Waals surface area contributed by atoms with Gasteiger partial charge in [0.15, 0.2) is 12.4 Å². The zero-order valence-electron chi connectivity index (χ0n) is 16.8. The maximum Gasteiger partial charge on any atom is 0.329 e. The Morgan fingerprint density at radius 3 is 2.52 bits per heavy atom. The number of halogens is 1. The van der Waals surface area contributed by atoms with E-state index in [0.717, 1.165) is 5.56 Å². The van der Waals surface area contributed by atoms with E-state index in [1.165, 1.54) is 24.5 Å². The molecule has 0 unspecified atom stereocenters. The highest BCUT2D eigenvalue weighted by Gasteiger charge is 2.25. The molecular formula is C23H21FN2O5. The molecule has 31 heavy (non-hydrogen) atoms. The number of aryl methyl sites for hydroxylation is 1. The Bertz CT molecular complexity index is 1050. The van der Waals surface area contributed by atoms with Crippen molar-refractivity contribution in [1.82, 2.24) is 5.32 Å². The molecule has 3 rings (SSSR count). The molecule has 3 aromatic rings. The van der Waals surface area contributed by atoms with Gasteiger partial charge < -0.3 is 19.8 Å². The van der Waals surface area contributed by atoms with Crippen LogP contribution in [0, 0.1) is 12.7 Å². The van der Waals surface area contributed by atoms with E-state index in [4.69, 9.17) is 9.15 Å². The van der Waals surface area contributed by atoms with Crippen LogP contribution in [-0.4, -0.2) is 30.4 Å². The summed E-state index contributed by atoms with van der Waals surface area (Å²) in [6.45, 7) is 1.02. The molecule has 1 atom stereocenters. The molecule has 7 nitrogen and oxygen atoms in total. The number of esters is 1. The summed E-state index contributed by atoms with van der Waals surface area (Å²) < 4.78 is 23.8. The quantitative estimate of drug-likeness (QED) is 0.541. The largest absolute Gasteiger partial charge is 0.459 e. The second kappa shape index (κ2) is 10.2. The Balaban J connectivity index is 1.62. The zero-order valence-corrected chi connectivity index (χ0v) is 16.8. The smallest absolute Gasteiger partial charge is 0.329 e.